The molecule has 1 aromatic heterocycles. The number of hydrogen-bond donors (Lipinski definition) is 1. The molecule has 2 amide bonds. The molecule has 4 rings (SSSR count). The van der Waals surface area contributed by atoms with Gasteiger partial charge in [0.05, 0.1) is 5.69 Å². The molecule has 0 atom stereocenters. The second-order valence-corrected chi connectivity index (χ2v) is 6.07. The van der Waals surface area contributed by atoms with E-state index in [2.05, 4.69) is 9.97 Å². The lowest BCUT2D eigenvalue weighted by molar-refractivity contribution is 0.0896. The first-order valence-electron chi connectivity index (χ1n) is 8.57. The highest BCUT2D eigenvalue weighted by Gasteiger charge is 2.29. The Bertz CT molecular complexity index is 1110. The van der Waals surface area contributed by atoms with E-state index in [9.17, 15) is 14.7 Å². The number of fused-ring (bicyclic) bond motifs is 1. The summed E-state index contributed by atoms with van der Waals surface area (Å²) in [6.45, 7) is 0. The maximum absolute atomic E-state index is 13.2. The molecule has 136 valence electrons. The van der Waals surface area contributed by atoms with Crippen LogP contribution in [0, 0.1) is 0 Å². The SMILES string of the molecule is O=C(c1ccccc1)N(C(=O)c1ccccc1)c1ccc2cncnc2c1O. The molecule has 6 heteroatoms. The fourth-order valence-corrected chi connectivity index (χ4v) is 2.94. The van der Waals surface area contributed by atoms with Crippen LogP contribution >= 0.6 is 0 Å². The van der Waals surface area contributed by atoms with Gasteiger partial charge >= 0.3 is 0 Å². The van der Waals surface area contributed by atoms with E-state index in [1.807, 2.05) is 0 Å². The average molecular weight is 369 g/mol. The Morgan fingerprint density at radius 2 is 1.36 bits per heavy atom. The summed E-state index contributed by atoms with van der Waals surface area (Å²) in [5, 5.41) is 11.4. The highest BCUT2D eigenvalue weighted by Crippen LogP contribution is 2.35. The first-order valence-corrected chi connectivity index (χ1v) is 8.57. The highest BCUT2D eigenvalue weighted by molar-refractivity contribution is 6.26. The molecule has 0 saturated carbocycles. The summed E-state index contributed by atoms with van der Waals surface area (Å²) in [5.74, 6) is -1.34. The van der Waals surface area contributed by atoms with Gasteiger partial charge in [0.15, 0.2) is 5.75 Å². The molecular weight excluding hydrogens is 354 g/mol. The van der Waals surface area contributed by atoms with Crippen molar-refractivity contribution in [2.75, 3.05) is 4.90 Å². The van der Waals surface area contributed by atoms with Crippen molar-refractivity contribution in [1.29, 1.82) is 0 Å². The maximum Gasteiger partial charge on any atom is 0.265 e. The molecule has 0 bridgehead atoms. The van der Waals surface area contributed by atoms with E-state index >= 15 is 0 Å². The van der Waals surface area contributed by atoms with Gasteiger partial charge in [-0.1, -0.05) is 36.4 Å². The minimum absolute atomic E-state index is 0.0638. The van der Waals surface area contributed by atoms with Gasteiger partial charge in [-0.15, -0.1) is 0 Å². The van der Waals surface area contributed by atoms with Crippen LogP contribution in [0.15, 0.2) is 85.3 Å². The number of imide groups is 1. The zero-order chi connectivity index (χ0) is 19.5. The van der Waals surface area contributed by atoms with Crippen LogP contribution in [0.1, 0.15) is 20.7 Å². The zero-order valence-electron chi connectivity index (χ0n) is 14.7. The lowest BCUT2D eigenvalue weighted by atomic mass is 10.1. The summed E-state index contributed by atoms with van der Waals surface area (Å²) < 4.78 is 0. The van der Waals surface area contributed by atoms with Crippen molar-refractivity contribution in [3.8, 4) is 5.75 Å². The third kappa shape index (κ3) is 3.07. The van der Waals surface area contributed by atoms with Gasteiger partial charge in [-0.2, -0.15) is 0 Å². The number of aromatic nitrogens is 2. The van der Waals surface area contributed by atoms with Crippen LogP contribution in [0.4, 0.5) is 5.69 Å². The van der Waals surface area contributed by atoms with Gasteiger partial charge in [-0.05, 0) is 36.4 Å². The Kier molecular flexibility index (Phi) is 4.51. The van der Waals surface area contributed by atoms with Crippen molar-refractivity contribution in [2.24, 2.45) is 0 Å². The minimum atomic E-state index is -0.543. The van der Waals surface area contributed by atoms with E-state index in [0.29, 0.717) is 16.5 Å². The largest absolute Gasteiger partial charge is 0.504 e. The zero-order valence-corrected chi connectivity index (χ0v) is 14.7. The molecule has 0 unspecified atom stereocenters. The number of amides is 2. The quantitative estimate of drug-likeness (QED) is 0.555. The molecule has 0 radical (unpaired) electrons. The first kappa shape index (κ1) is 17.4. The number of hydrogen-bond acceptors (Lipinski definition) is 5. The third-order valence-electron chi connectivity index (χ3n) is 4.32. The molecule has 3 aromatic carbocycles. The van der Waals surface area contributed by atoms with Gasteiger partial charge in [0.1, 0.15) is 11.8 Å². The molecule has 0 aliphatic heterocycles. The average Bonchev–Trinajstić information content (AvgIpc) is 2.76. The van der Waals surface area contributed by atoms with Gasteiger partial charge in [0.2, 0.25) is 0 Å². The fraction of sp³-hybridized carbons (Fsp3) is 0. The molecule has 1 N–H and O–H groups in total. The standard InChI is InChI=1S/C22H15N3O3/c26-20-18(12-11-17-13-23-14-24-19(17)20)25(21(27)15-7-3-1-4-8-15)22(28)16-9-5-2-6-10-16/h1-14,26H. The Morgan fingerprint density at radius 3 is 1.93 bits per heavy atom. The number of carbonyl (C=O) groups is 2. The van der Waals surface area contributed by atoms with Crippen LogP contribution < -0.4 is 4.90 Å². The van der Waals surface area contributed by atoms with Crippen LogP contribution in [0.3, 0.4) is 0 Å². The van der Waals surface area contributed by atoms with Gasteiger partial charge in [-0.25, -0.2) is 14.9 Å². The third-order valence-corrected chi connectivity index (χ3v) is 4.32. The van der Waals surface area contributed by atoms with Crippen LogP contribution in [-0.2, 0) is 0 Å². The summed E-state index contributed by atoms with van der Waals surface area (Å²) >= 11 is 0. The van der Waals surface area contributed by atoms with Crippen molar-refractivity contribution >= 4 is 28.4 Å². The van der Waals surface area contributed by atoms with E-state index in [-0.39, 0.29) is 17.0 Å². The lowest BCUT2D eigenvalue weighted by Crippen LogP contribution is -2.37. The highest BCUT2D eigenvalue weighted by atomic mass is 16.3. The van der Waals surface area contributed by atoms with Gasteiger partial charge in [0.25, 0.3) is 11.8 Å². The topological polar surface area (TPSA) is 83.4 Å². The van der Waals surface area contributed by atoms with Crippen LogP contribution in [0.5, 0.6) is 5.75 Å². The Hall–Kier alpha value is -4.06. The van der Waals surface area contributed by atoms with Crippen molar-refractivity contribution in [2.45, 2.75) is 0 Å². The smallest absolute Gasteiger partial charge is 0.265 e. The minimum Gasteiger partial charge on any atom is -0.504 e. The molecule has 0 aliphatic carbocycles. The predicted octanol–water partition coefficient (Wildman–Crippen LogP) is 3.82. The molecule has 0 fully saturated rings. The van der Waals surface area contributed by atoms with Gasteiger partial charge in [-0.3, -0.25) is 9.59 Å². The Labute approximate surface area is 160 Å². The van der Waals surface area contributed by atoms with E-state index in [1.165, 1.54) is 12.4 Å². The van der Waals surface area contributed by atoms with Crippen LogP contribution in [0.25, 0.3) is 10.9 Å². The number of aromatic hydroxyl groups is 1. The van der Waals surface area contributed by atoms with Crippen LogP contribution in [-0.4, -0.2) is 26.9 Å². The predicted molar refractivity (Wildman–Crippen MR) is 105 cm³/mol. The lowest BCUT2D eigenvalue weighted by Gasteiger charge is -2.22. The second-order valence-electron chi connectivity index (χ2n) is 6.07. The number of carbonyl (C=O) groups excluding carboxylic acids is 2. The van der Waals surface area contributed by atoms with E-state index in [0.717, 1.165) is 4.90 Å². The van der Waals surface area contributed by atoms with E-state index < -0.39 is 11.8 Å². The van der Waals surface area contributed by atoms with E-state index in [1.54, 1.807) is 72.9 Å². The molecular formula is C22H15N3O3. The number of phenols is 1. The number of anilines is 1. The second kappa shape index (κ2) is 7.28. The van der Waals surface area contributed by atoms with Crippen molar-refractivity contribution in [1.82, 2.24) is 9.97 Å². The Balaban J connectivity index is 1.89. The van der Waals surface area contributed by atoms with Crippen molar-refractivity contribution in [3.63, 3.8) is 0 Å². The molecule has 0 aliphatic rings. The number of phenolic OH excluding ortho intramolecular Hbond substituents is 1. The van der Waals surface area contributed by atoms with Crippen molar-refractivity contribution < 1.29 is 14.7 Å². The molecule has 0 spiro atoms. The number of benzene rings is 3. The molecule has 28 heavy (non-hydrogen) atoms. The fourth-order valence-electron chi connectivity index (χ4n) is 2.94. The summed E-state index contributed by atoms with van der Waals surface area (Å²) in [4.78, 5) is 35.4. The summed E-state index contributed by atoms with van der Waals surface area (Å²) in [6, 6.07) is 20.1. The normalized spacial score (nSPS) is 10.6. The molecule has 1 heterocycles. The maximum atomic E-state index is 13.2. The molecule has 4 aromatic rings. The van der Waals surface area contributed by atoms with E-state index in [4.69, 9.17) is 0 Å². The molecule has 0 saturated heterocycles. The van der Waals surface area contributed by atoms with Crippen LogP contribution in [0.2, 0.25) is 0 Å². The first-order chi connectivity index (χ1) is 13.7. The molecule has 6 nitrogen and oxygen atoms in total. The van der Waals surface area contributed by atoms with Gasteiger partial charge < -0.3 is 5.11 Å². The monoisotopic (exact) mass is 369 g/mol. The van der Waals surface area contributed by atoms with Crippen molar-refractivity contribution in [3.05, 3.63) is 96.4 Å². The number of rotatable bonds is 3. The summed E-state index contributed by atoms with van der Waals surface area (Å²) in [5.41, 5.74) is 0.982. The number of nitrogens with zero attached hydrogens (tertiary/aromatic N) is 3. The Morgan fingerprint density at radius 1 is 0.786 bits per heavy atom. The van der Waals surface area contributed by atoms with Gasteiger partial charge in [0, 0.05) is 22.7 Å². The summed E-state index contributed by atoms with van der Waals surface area (Å²) in [7, 11) is 0. The summed E-state index contributed by atoms with van der Waals surface area (Å²) in [6.07, 6.45) is 2.85.